The van der Waals surface area contributed by atoms with Crippen LogP contribution in [-0.4, -0.2) is 19.9 Å². The number of nitro groups is 1. The lowest BCUT2D eigenvalue weighted by Gasteiger charge is -2.21. The summed E-state index contributed by atoms with van der Waals surface area (Å²) in [6.45, 7) is 0.0390. The number of alkyl halides is 3. The summed E-state index contributed by atoms with van der Waals surface area (Å²) in [5.41, 5.74) is -1.55. The number of rotatable bonds is 3. The summed E-state index contributed by atoms with van der Waals surface area (Å²) in [5, 5.41) is 16.5. The Kier molecular flexibility index (Phi) is 4.15. The van der Waals surface area contributed by atoms with Crippen molar-refractivity contribution in [2.45, 2.75) is 17.5 Å². The van der Waals surface area contributed by atoms with Gasteiger partial charge >= 0.3 is 11.9 Å². The molecule has 26 heavy (non-hydrogen) atoms. The van der Waals surface area contributed by atoms with Gasteiger partial charge in [-0.05, 0) is 36.2 Å². The maximum absolute atomic E-state index is 13.2. The predicted octanol–water partition coefficient (Wildman–Crippen LogP) is 2.96. The van der Waals surface area contributed by atoms with Crippen LogP contribution in [0.5, 0.6) is 0 Å². The molecule has 0 bridgehead atoms. The topological polar surface area (TPSA) is 107 Å². The number of benzene rings is 2. The number of fused-ring (bicyclic) bond motifs is 1. The molecule has 0 amide bonds. The molecule has 2 aromatic carbocycles. The molecule has 0 atom stereocenters. The van der Waals surface area contributed by atoms with Crippen LogP contribution in [0.4, 0.5) is 30.2 Å². The number of nitrogens with two attached hydrogens (primary N) is 1. The summed E-state index contributed by atoms with van der Waals surface area (Å²) in [6.07, 6.45) is -4.54. The Morgan fingerprint density at radius 1 is 1.12 bits per heavy atom. The van der Waals surface area contributed by atoms with Gasteiger partial charge in [-0.25, -0.2) is 13.6 Å². The molecule has 0 spiro atoms. The molecule has 0 aromatic heterocycles. The molecule has 2 N–H and O–H groups in total. The maximum atomic E-state index is 13.2. The van der Waals surface area contributed by atoms with Crippen molar-refractivity contribution in [3.05, 3.63) is 57.6 Å². The van der Waals surface area contributed by atoms with Crippen molar-refractivity contribution in [1.82, 2.24) is 0 Å². The highest BCUT2D eigenvalue weighted by Gasteiger charge is 2.38. The van der Waals surface area contributed by atoms with Crippen LogP contribution in [0.1, 0.15) is 11.1 Å². The number of para-hydroxylation sites is 1. The van der Waals surface area contributed by atoms with E-state index in [4.69, 9.17) is 5.14 Å². The average molecular weight is 387 g/mol. The highest BCUT2D eigenvalue weighted by Crippen LogP contribution is 2.45. The van der Waals surface area contributed by atoms with Gasteiger partial charge in [0.1, 0.15) is 5.69 Å². The maximum Gasteiger partial charge on any atom is 0.416 e. The zero-order valence-electron chi connectivity index (χ0n) is 13.0. The largest absolute Gasteiger partial charge is 0.416 e. The molecule has 1 heterocycles. The molecular formula is C15H12F3N3O4S. The Bertz CT molecular complexity index is 1010. The minimum atomic E-state index is -4.56. The van der Waals surface area contributed by atoms with Crippen LogP contribution in [0.25, 0.3) is 0 Å². The van der Waals surface area contributed by atoms with Gasteiger partial charge in [0.05, 0.1) is 10.5 Å². The summed E-state index contributed by atoms with van der Waals surface area (Å²) in [4.78, 5) is 11.2. The fraction of sp³-hybridized carbons (Fsp3) is 0.200. The molecule has 7 nitrogen and oxygen atoms in total. The zero-order chi connectivity index (χ0) is 19.3. The minimum Gasteiger partial charge on any atom is -0.335 e. The lowest BCUT2D eigenvalue weighted by atomic mass is 10.0. The SMILES string of the molecule is NS(=O)(=O)c1cccc(N2CCc3c2cccc3C(F)(F)F)c1[N+](=O)[O-]. The van der Waals surface area contributed by atoms with E-state index >= 15 is 0 Å². The van der Waals surface area contributed by atoms with E-state index in [1.165, 1.54) is 29.2 Å². The predicted molar refractivity (Wildman–Crippen MR) is 86.6 cm³/mol. The van der Waals surface area contributed by atoms with E-state index in [2.05, 4.69) is 0 Å². The number of hydrogen-bond acceptors (Lipinski definition) is 5. The fourth-order valence-corrected chi connectivity index (χ4v) is 3.81. The van der Waals surface area contributed by atoms with Crippen molar-refractivity contribution < 1.29 is 26.5 Å². The second kappa shape index (κ2) is 5.95. The summed E-state index contributed by atoms with van der Waals surface area (Å²) in [7, 11) is -4.39. The molecule has 0 radical (unpaired) electrons. The van der Waals surface area contributed by atoms with Gasteiger partial charge in [0.2, 0.25) is 10.0 Å². The Morgan fingerprint density at radius 2 is 1.73 bits per heavy atom. The van der Waals surface area contributed by atoms with Crippen molar-refractivity contribution in [2.75, 3.05) is 11.4 Å². The third-order valence-corrected chi connectivity index (χ3v) is 5.03. The van der Waals surface area contributed by atoms with Crippen LogP contribution in [-0.2, 0) is 22.6 Å². The van der Waals surface area contributed by atoms with Crippen LogP contribution in [0.3, 0.4) is 0 Å². The van der Waals surface area contributed by atoms with Crippen LogP contribution >= 0.6 is 0 Å². The average Bonchev–Trinajstić information content (AvgIpc) is 2.95. The Balaban J connectivity index is 2.23. The fourth-order valence-electron chi connectivity index (χ4n) is 3.09. The van der Waals surface area contributed by atoms with Gasteiger partial charge in [0.25, 0.3) is 0 Å². The summed E-state index contributed by atoms with van der Waals surface area (Å²) in [6, 6.07) is 7.08. The second-order valence-electron chi connectivity index (χ2n) is 5.63. The van der Waals surface area contributed by atoms with E-state index in [0.717, 1.165) is 12.1 Å². The molecule has 1 aliphatic rings. The van der Waals surface area contributed by atoms with Gasteiger partial charge in [0, 0.05) is 12.2 Å². The zero-order valence-corrected chi connectivity index (χ0v) is 13.8. The van der Waals surface area contributed by atoms with Gasteiger partial charge in [-0.1, -0.05) is 12.1 Å². The van der Waals surface area contributed by atoms with Crippen LogP contribution in [0.2, 0.25) is 0 Å². The van der Waals surface area contributed by atoms with Crippen molar-refractivity contribution in [3.63, 3.8) is 0 Å². The van der Waals surface area contributed by atoms with Crippen molar-refractivity contribution in [2.24, 2.45) is 5.14 Å². The van der Waals surface area contributed by atoms with E-state index in [1.54, 1.807) is 0 Å². The third-order valence-electron chi connectivity index (χ3n) is 4.09. The molecule has 2 aromatic rings. The van der Waals surface area contributed by atoms with Crippen molar-refractivity contribution >= 4 is 27.1 Å². The van der Waals surface area contributed by atoms with E-state index in [1.807, 2.05) is 0 Å². The van der Waals surface area contributed by atoms with Crippen LogP contribution in [0.15, 0.2) is 41.3 Å². The first-order valence-electron chi connectivity index (χ1n) is 7.28. The smallest absolute Gasteiger partial charge is 0.335 e. The number of anilines is 2. The van der Waals surface area contributed by atoms with E-state index in [0.29, 0.717) is 0 Å². The Hall–Kier alpha value is -2.66. The summed E-state index contributed by atoms with van der Waals surface area (Å²) < 4.78 is 62.9. The highest BCUT2D eigenvalue weighted by molar-refractivity contribution is 7.89. The first-order valence-corrected chi connectivity index (χ1v) is 8.83. The molecule has 0 aliphatic carbocycles. The van der Waals surface area contributed by atoms with Gasteiger partial charge in [-0.15, -0.1) is 0 Å². The minimum absolute atomic E-state index is 0.00954. The summed E-state index contributed by atoms with van der Waals surface area (Å²) >= 11 is 0. The van der Waals surface area contributed by atoms with Gasteiger partial charge in [0.15, 0.2) is 4.90 Å². The number of halogens is 3. The monoisotopic (exact) mass is 387 g/mol. The highest BCUT2D eigenvalue weighted by atomic mass is 32.2. The molecule has 1 aliphatic heterocycles. The second-order valence-corrected chi connectivity index (χ2v) is 7.16. The molecule has 0 fully saturated rings. The molecule has 0 saturated carbocycles. The van der Waals surface area contributed by atoms with E-state index < -0.39 is 37.3 Å². The van der Waals surface area contributed by atoms with Crippen LogP contribution < -0.4 is 10.0 Å². The van der Waals surface area contributed by atoms with Gasteiger partial charge in [-0.3, -0.25) is 10.1 Å². The summed E-state index contributed by atoms with van der Waals surface area (Å²) in [5.74, 6) is 0. The molecule has 0 saturated heterocycles. The van der Waals surface area contributed by atoms with Crippen molar-refractivity contribution in [1.29, 1.82) is 0 Å². The van der Waals surface area contributed by atoms with Crippen molar-refractivity contribution in [3.8, 4) is 0 Å². The normalized spacial score (nSPS) is 14.4. The quantitative estimate of drug-likeness (QED) is 0.644. The lowest BCUT2D eigenvalue weighted by Crippen LogP contribution is -2.19. The number of hydrogen-bond donors (Lipinski definition) is 1. The lowest BCUT2D eigenvalue weighted by molar-refractivity contribution is -0.387. The molecule has 11 heteroatoms. The Labute approximate surface area is 146 Å². The third kappa shape index (κ3) is 2.99. The number of primary sulfonamides is 1. The van der Waals surface area contributed by atoms with E-state index in [-0.39, 0.29) is 29.9 Å². The number of nitro benzene ring substituents is 1. The standard InChI is InChI=1S/C15H12F3N3O4S/c16-15(17,18)10-3-1-4-11-9(10)7-8-20(11)12-5-2-6-13(26(19,24)25)14(12)21(22)23/h1-6H,7-8H2,(H2,19,24,25). The molecular weight excluding hydrogens is 375 g/mol. The van der Waals surface area contributed by atoms with Crippen LogP contribution in [0, 0.1) is 10.1 Å². The Morgan fingerprint density at radius 3 is 2.31 bits per heavy atom. The molecule has 3 rings (SSSR count). The molecule has 138 valence electrons. The number of nitrogens with zero attached hydrogens (tertiary/aromatic N) is 2. The first kappa shape index (κ1) is 18.1. The first-order chi connectivity index (χ1) is 12.0. The van der Waals surface area contributed by atoms with Gasteiger partial charge in [-0.2, -0.15) is 13.2 Å². The van der Waals surface area contributed by atoms with Gasteiger partial charge < -0.3 is 4.90 Å². The van der Waals surface area contributed by atoms with E-state index in [9.17, 15) is 31.7 Å². The molecule has 0 unspecified atom stereocenters. The number of sulfonamides is 1.